The third-order valence-corrected chi connectivity index (χ3v) is 1.56. The van der Waals surface area contributed by atoms with E-state index < -0.39 is 7.25 Å². The smallest absolute Gasteiger partial charge is 0.418 e. The normalized spacial score (nSPS) is 10.5. The Hall–Kier alpha value is -1.79. The van der Waals surface area contributed by atoms with Crippen LogP contribution in [0.5, 0.6) is 0 Å². The first-order valence-corrected chi connectivity index (χ1v) is 4.37. The summed E-state index contributed by atoms with van der Waals surface area (Å²) >= 11 is 0. The van der Waals surface area contributed by atoms with Crippen LogP contribution in [-0.2, 0) is 0 Å². The number of hydrogen-bond donors (Lipinski definition) is 0. The summed E-state index contributed by atoms with van der Waals surface area (Å²) < 4.78 is 41.0. The molecule has 1 aromatic heterocycles. The largest absolute Gasteiger partial charge is 0.673 e. The summed E-state index contributed by atoms with van der Waals surface area (Å²) in [5, 5.41) is 0. The van der Waals surface area contributed by atoms with Gasteiger partial charge in [0.2, 0.25) is 0 Å². The molecule has 2 rings (SSSR count). The van der Waals surface area contributed by atoms with E-state index in [9.17, 15) is 17.3 Å². The maximum atomic E-state index is 9.75. The molecule has 0 N–H and O–H groups in total. The van der Waals surface area contributed by atoms with Crippen LogP contribution in [0.3, 0.4) is 0 Å². The zero-order valence-electron chi connectivity index (χ0n) is 8.10. The molecule has 0 saturated carbocycles. The lowest BCUT2D eigenvalue weighted by Crippen LogP contribution is -2.02. The van der Waals surface area contributed by atoms with Crippen LogP contribution in [0.2, 0.25) is 0 Å². The molecule has 0 bridgehead atoms. The maximum Gasteiger partial charge on any atom is 0.673 e. The number of halogens is 4. The van der Waals surface area contributed by atoms with Crippen LogP contribution in [0, 0.1) is 0 Å². The molecule has 0 fully saturated rings. The topological polar surface area (TPSA) is 17.8 Å². The van der Waals surface area contributed by atoms with E-state index in [0.717, 1.165) is 5.69 Å². The molecule has 0 atom stereocenters. The van der Waals surface area contributed by atoms with Crippen LogP contribution in [0.15, 0.2) is 49.1 Å². The van der Waals surface area contributed by atoms with Gasteiger partial charge in [-0.15, -0.1) is 0 Å². The summed E-state index contributed by atoms with van der Waals surface area (Å²) in [4.78, 5) is 3.96. The lowest BCUT2D eigenvalue weighted by atomic mass is 10.3. The van der Waals surface area contributed by atoms with Crippen molar-refractivity contribution in [3.05, 3.63) is 49.1 Å². The molecule has 0 amide bonds. The van der Waals surface area contributed by atoms with Gasteiger partial charge in [-0.25, -0.2) is 4.98 Å². The van der Waals surface area contributed by atoms with E-state index in [1.807, 2.05) is 41.1 Å². The van der Waals surface area contributed by atoms with E-state index in [0.29, 0.717) is 0 Å². The van der Waals surface area contributed by atoms with Crippen LogP contribution in [-0.4, -0.2) is 16.8 Å². The van der Waals surface area contributed by atoms with Gasteiger partial charge in [0.1, 0.15) is 0 Å². The summed E-state index contributed by atoms with van der Waals surface area (Å²) in [5.41, 5.74) is 1.14. The number of para-hydroxylation sites is 1. The Labute approximate surface area is 89.7 Å². The molecule has 0 unspecified atom stereocenters. The average Bonchev–Trinajstić information content (AvgIpc) is 2.69. The first-order chi connectivity index (χ1) is 7.47. The minimum Gasteiger partial charge on any atom is -0.418 e. The van der Waals surface area contributed by atoms with Gasteiger partial charge in [-0.3, -0.25) is 0 Å². The second-order valence-corrected chi connectivity index (χ2v) is 2.80. The van der Waals surface area contributed by atoms with E-state index in [1.165, 1.54) is 0 Å². The van der Waals surface area contributed by atoms with Crippen molar-refractivity contribution in [1.82, 2.24) is 9.55 Å². The summed E-state index contributed by atoms with van der Waals surface area (Å²) in [5.74, 6) is 0. The van der Waals surface area contributed by atoms with Crippen molar-refractivity contribution in [1.29, 1.82) is 0 Å². The van der Waals surface area contributed by atoms with Gasteiger partial charge in [0, 0.05) is 18.1 Å². The molecule has 16 heavy (non-hydrogen) atoms. The Morgan fingerprint density at radius 2 is 1.56 bits per heavy atom. The van der Waals surface area contributed by atoms with Crippen LogP contribution < -0.4 is 0 Å². The van der Waals surface area contributed by atoms with E-state index in [-0.39, 0.29) is 0 Å². The second-order valence-electron chi connectivity index (χ2n) is 2.80. The molecular formula is C9H8BF4N2-. The number of rotatable bonds is 1. The molecule has 0 saturated heterocycles. The zero-order valence-corrected chi connectivity index (χ0v) is 8.10. The summed E-state index contributed by atoms with van der Waals surface area (Å²) in [6.07, 6.45) is 5.48. The van der Waals surface area contributed by atoms with Crippen LogP contribution in [0.25, 0.3) is 5.69 Å². The zero-order chi connectivity index (χ0) is 12.0. The molecule has 7 heteroatoms. The maximum absolute atomic E-state index is 9.75. The van der Waals surface area contributed by atoms with Crippen molar-refractivity contribution in [2.45, 2.75) is 0 Å². The minimum atomic E-state index is -6.00. The van der Waals surface area contributed by atoms with Gasteiger partial charge >= 0.3 is 7.25 Å². The van der Waals surface area contributed by atoms with Crippen molar-refractivity contribution in [3.63, 3.8) is 0 Å². The first-order valence-electron chi connectivity index (χ1n) is 4.37. The average molecular weight is 231 g/mol. The summed E-state index contributed by atoms with van der Waals surface area (Å²) in [7, 11) is -6.00. The quantitative estimate of drug-likeness (QED) is 0.544. The molecule has 0 aliphatic rings. The van der Waals surface area contributed by atoms with Gasteiger partial charge in [-0.1, -0.05) is 18.2 Å². The highest BCUT2D eigenvalue weighted by molar-refractivity contribution is 6.50. The highest BCUT2D eigenvalue weighted by Gasteiger charge is 2.20. The lowest BCUT2D eigenvalue weighted by Gasteiger charge is -1.98. The van der Waals surface area contributed by atoms with E-state index >= 15 is 0 Å². The van der Waals surface area contributed by atoms with Gasteiger partial charge in [-0.05, 0) is 12.1 Å². The molecule has 0 aliphatic carbocycles. The van der Waals surface area contributed by atoms with Crippen molar-refractivity contribution in [2.75, 3.05) is 0 Å². The Balaban J connectivity index is 0.000000221. The fraction of sp³-hybridized carbons (Fsp3) is 0. The lowest BCUT2D eigenvalue weighted by molar-refractivity contribution is 0.368. The molecule has 0 aliphatic heterocycles. The number of benzene rings is 1. The monoisotopic (exact) mass is 231 g/mol. The Kier molecular flexibility index (Phi) is 4.10. The molecule has 2 nitrogen and oxygen atoms in total. The molecule has 1 heterocycles. The molecule has 2 aromatic rings. The van der Waals surface area contributed by atoms with E-state index in [1.54, 1.807) is 12.5 Å². The van der Waals surface area contributed by atoms with Crippen LogP contribution in [0.4, 0.5) is 17.3 Å². The van der Waals surface area contributed by atoms with Gasteiger partial charge in [0.15, 0.2) is 0 Å². The predicted octanol–water partition coefficient (Wildman–Crippen LogP) is 3.17. The highest BCUT2D eigenvalue weighted by atomic mass is 19.5. The van der Waals surface area contributed by atoms with Crippen LogP contribution >= 0.6 is 0 Å². The molecule has 86 valence electrons. The van der Waals surface area contributed by atoms with Gasteiger partial charge in [0.05, 0.1) is 6.33 Å². The minimum absolute atomic E-state index is 1.14. The highest BCUT2D eigenvalue weighted by Crippen LogP contribution is 2.06. The van der Waals surface area contributed by atoms with Gasteiger partial charge in [0.25, 0.3) is 0 Å². The molecule has 0 spiro atoms. The van der Waals surface area contributed by atoms with Crippen molar-refractivity contribution in [3.8, 4) is 5.69 Å². The van der Waals surface area contributed by atoms with Crippen molar-refractivity contribution in [2.24, 2.45) is 0 Å². The fourth-order valence-corrected chi connectivity index (χ4v) is 1.01. The summed E-state index contributed by atoms with van der Waals surface area (Å²) in [6.45, 7) is 0. The van der Waals surface area contributed by atoms with E-state index in [4.69, 9.17) is 0 Å². The number of hydrogen-bond acceptors (Lipinski definition) is 1. The van der Waals surface area contributed by atoms with Crippen molar-refractivity contribution < 1.29 is 17.3 Å². The van der Waals surface area contributed by atoms with Crippen LogP contribution in [0.1, 0.15) is 0 Å². The standard InChI is InChI=1S/C9H8N2.BF4/c1-2-4-9(5-3-1)11-7-6-10-8-11;2-1(3,4)5/h1-8H;/q;-1. The fourth-order valence-electron chi connectivity index (χ4n) is 1.01. The third kappa shape index (κ3) is 5.18. The predicted molar refractivity (Wildman–Crippen MR) is 53.8 cm³/mol. The molecule has 0 radical (unpaired) electrons. The van der Waals surface area contributed by atoms with Gasteiger partial charge in [-0.2, -0.15) is 0 Å². The van der Waals surface area contributed by atoms with Crippen molar-refractivity contribution >= 4 is 7.25 Å². The molecule has 1 aromatic carbocycles. The summed E-state index contributed by atoms with van der Waals surface area (Å²) in [6, 6.07) is 10.1. The molecular weight excluding hydrogens is 223 g/mol. The second kappa shape index (κ2) is 5.34. The SMILES string of the molecule is F[B-](F)(F)F.c1ccc(-n2ccnc2)cc1. The third-order valence-electron chi connectivity index (χ3n) is 1.56. The Morgan fingerprint density at radius 1 is 1.00 bits per heavy atom. The Morgan fingerprint density at radius 3 is 2.00 bits per heavy atom. The Bertz CT molecular complexity index is 393. The van der Waals surface area contributed by atoms with E-state index in [2.05, 4.69) is 4.98 Å². The van der Waals surface area contributed by atoms with Gasteiger partial charge < -0.3 is 21.8 Å². The first kappa shape index (κ1) is 12.3. The number of nitrogens with zero attached hydrogens (tertiary/aromatic N) is 2. The number of aromatic nitrogens is 2. The number of imidazole rings is 1.